The van der Waals surface area contributed by atoms with Gasteiger partial charge in [-0.3, -0.25) is 0 Å². The smallest absolute Gasteiger partial charge is 0.335 e. The maximum Gasteiger partial charge on any atom is 0.335 e. The summed E-state index contributed by atoms with van der Waals surface area (Å²) in [6.45, 7) is 0.611. The molecule has 2 heterocycles. The average Bonchev–Trinajstić information content (AvgIpc) is 2.64. The highest BCUT2D eigenvalue weighted by molar-refractivity contribution is 5.92. The Hall–Kier alpha value is -1.91. The van der Waals surface area contributed by atoms with Crippen LogP contribution < -0.4 is 0 Å². The number of aromatic carboxylic acids is 1. The van der Waals surface area contributed by atoms with Gasteiger partial charge in [0.15, 0.2) is 0 Å². The Labute approximate surface area is 96.7 Å². The molecule has 1 aromatic carbocycles. The molecule has 1 aromatic heterocycles. The van der Waals surface area contributed by atoms with E-state index in [1.165, 1.54) is 6.07 Å². The Morgan fingerprint density at radius 3 is 3.12 bits per heavy atom. The third-order valence-corrected chi connectivity index (χ3v) is 3.14. The molecule has 5 heteroatoms. The number of alkyl halides is 1. The monoisotopic (exact) mass is 234 g/mol. The van der Waals surface area contributed by atoms with Crippen molar-refractivity contribution in [2.75, 3.05) is 0 Å². The summed E-state index contributed by atoms with van der Waals surface area (Å²) in [6.07, 6.45) is -0.0192. The first-order chi connectivity index (χ1) is 8.15. The van der Waals surface area contributed by atoms with Gasteiger partial charge in [0, 0.05) is 13.0 Å². The number of carboxylic acid groups (broad SMARTS) is 1. The summed E-state index contributed by atoms with van der Waals surface area (Å²) in [7, 11) is 0. The summed E-state index contributed by atoms with van der Waals surface area (Å²) in [5, 5.41) is 8.89. The number of fused-ring (bicyclic) bond motifs is 3. The van der Waals surface area contributed by atoms with Crippen LogP contribution in [0, 0.1) is 0 Å². The molecule has 0 fully saturated rings. The zero-order valence-corrected chi connectivity index (χ0v) is 9.06. The van der Waals surface area contributed by atoms with Gasteiger partial charge in [-0.25, -0.2) is 14.2 Å². The lowest BCUT2D eigenvalue weighted by molar-refractivity contribution is 0.0697. The van der Waals surface area contributed by atoms with E-state index in [4.69, 9.17) is 5.11 Å². The molecular weight excluding hydrogens is 223 g/mol. The lowest BCUT2D eigenvalue weighted by atomic mass is 10.1. The van der Waals surface area contributed by atoms with Crippen molar-refractivity contribution in [3.05, 3.63) is 29.6 Å². The van der Waals surface area contributed by atoms with Crippen LogP contribution in [0.25, 0.3) is 11.0 Å². The third kappa shape index (κ3) is 1.58. The van der Waals surface area contributed by atoms with Crippen LogP contribution in [0.3, 0.4) is 0 Å². The third-order valence-electron chi connectivity index (χ3n) is 3.14. The molecule has 17 heavy (non-hydrogen) atoms. The van der Waals surface area contributed by atoms with Crippen LogP contribution in [0.15, 0.2) is 18.2 Å². The Bertz CT molecular complexity index is 606. The van der Waals surface area contributed by atoms with Crippen molar-refractivity contribution in [2.24, 2.45) is 0 Å². The predicted molar refractivity (Wildman–Crippen MR) is 59.9 cm³/mol. The van der Waals surface area contributed by atoms with Crippen molar-refractivity contribution < 1.29 is 14.3 Å². The van der Waals surface area contributed by atoms with E-state index in [1.807, 2.05) is 4.57 Å². The van der Waals surface area contributed by atoms with E-state index >= 15 is 0 Å². The zero-order chi connectivity index (χ0) is 12.0. The van der Waals surface area contributed by atoms with Crippen LogP contribution in [0.2, 0.25) is 0 Å². The van der Waals surface area contributed by atoms with Crippen LogP contribution >= 0.6 is 0 Å². The summed E-state index contributed by atoms with van der Waals surface area (Å²) in [5.74, 6) is -0.262. The molecule has 1 N–H and O–H groups in total. The topological polar surface area (TPSA) is 55.1 Å². The fourth-order valence-electron chi connectivity index (χ4n) is 2.29. The number of benzene rings is 1. The minimum Gasteiger partial charge on any atom is -0.478 e. The summed E-state index contributed by atoms with van der Waals surface area (Å²) < 4.78 is 15.2. The second kappa shape index (κ2) is 3.55. The predicted octanol–water partition coefficient (Wildman–Crippen LogP) is 2.02. The number of aromatic nitrogens is 2. The van der Waals surface area contributed by atoms with Crippen LogP contribution in [0.1, 0.15) is 22.6 Å². The van der Waals surface area contributed by atoms with Gasteiger partial charge in [-0.1, -0.05) is 0 Å². The van der Waals surface area contributed by atoms with Crippen molar-refractivity contribution in [3.63, 3.8) is 0 Å². The number of hydrogen-bond acceptors (Lipinski definition) is 2. The van der Waals surface area contributed by atoms with Crippen LogP contribution in [0.5, 0.6) is 0 Å². The highest BCUT2D eigenvalue weighted by Gasteiger charge is 2.21. The van der Waals surface area contributed by atoms with Crippen LogP contribution in [-0.4, -0.2) is 26.8 Å². The molecule has 1 aliphatic heterocycles. The molecular formula is C12H11FN2O2. The van der Waals surface area contributed by atoms with Crippen LogP contribution in [-0.2, 0) is 13.0 Å². The van der Waals surface area contributed by atoms with E-state index in [0.717, 1.165) is 5.52 Å². The quantitative estimate of drug-likeness (QED) is 0.821. The fourth-order valence-corrected chi connectivity index (χ4v) is 2.29. The van der Waals surface area contributed by atoms with Gasteiger partial charge in [0.05, 0.1) is 16.6 Å². The van der Waals surface area contributed by atoms with Crippen molar-refractivity contribution in [1.82, 2.24) is 9.55 Å². The molecule has 0 unspecified atom stereocenters. The van der Waals surface area contributed by atoms with E-state index in [-0.39, 0.29) is 5.56 Å². The lowest BCUT2D eigenvalue weighted by Crippen LogP contribution is -2.20. The number of imidazole rings is 1. The lowest BCUT2D eigenvalue weighted by Gasteiger charge is -2.17. The van der Waals surface area contributed by atoms with Gasteiger partial charge in [0.2, 0.25) is 0 Å². The largest absolute Gasteiger partial charge is 0.478 e. The van der Waals surface area contributed by atoms with Crippen LogP contribution in [0.4, 0.5) is 4.39 Å². The zero-order valence-electron chi connectivity index (χ0n) is 9.06. The number of carbonyl (C=O) groups is 1. The first-order valence-corrected chi connectivity index (χ1v) is 5.51. The van der Waals surface area contributed by atoms with E-state index in [1.54, 1.807) is 12.1 Å². The van der Waals surface area contributed by atoms with Crippen molar-refractivity contribution in [3.8, 4) is 0 Å². The summed E-state index contributed by atoms with van der Waals surface area (Å²) in [6, 6.07) is 4.84. The van der Waals surface area contributed by atoms with Crippen molar-refractivity contribution in [2.45, 2.75) is 25.6 Å². The highest BCUT2D eigenvalue weighted by Crippen LogP contribution is 2.24. The summed E-state index contributed by atoms with van der Waals surface area (Å²) in [5.41, 5.74) is 1.73. The first-order valence-electron chi connectivity index (χ1n) is 5.51. The van der Waals surface area contributed by atoms with E-state index in [2.05, 4.69) is 4.98 Å². The fraction of sp³-hybridized carbons (Fsp3) is 0.333. The molecule has 88 valence electrons. The number of halogens is 1. The van der Waals surface area contributed by atoms with Gasteiger partial charge in [0.25, 0.3) is 0 Å². The van der Waals surface area contributed by atoms with Gasteiger partial charge in [-0.05, 0) is 24.6 Å². The van der Waals surface area contributed by atoms with Gasteiger partial charge in [0.1, 0.15) is 12.0 Å². The van der Waals surface area contributed by atoms with E-state index in [9.17, 15) is 9.18 Å². The maximum absolute atomic E-state index is 13.3. The Balaban J connectivity index is 2.17. The van der Waals surface area contributed by atoms with Gasteiger partial charge in [-0.15, -0.1) is 0 Å². The highest BCUT2D eigenvalue weighted by atomic mass is 19.1. The molecule has 3 rings (SSSR count). The van der Waals surface area contributed by atoms with E-state index < -0.39 is 12.1 Å². The molecule has 1 atom stereocenters. The van der Waals surface area contributed by atoms with E-state index in [0.29, 0.717) is 30.7 Å². The second-order valence-electron chi connectivity index (χ2n) is 4.28. The van der Waals surface area contributed by atoms with Gasteiger partial charge >= 0.3 is 5.97 Å². The number of rotatable bonds is 1. The number of carboxylic acids is 1. The molecule has 4 nitrogen and oxygen atoms in total. The Morgan fingerprint density at radius 1 is 1.53 bits per heavy atom. The van der Waals surface area contributed by atoms with Crippen molar-refractivity contribution >= 4 is 17.0 Å². The minimum atomic E-state index is -0.971. The second-order valence-corrected chi connectivity index (χ2v) is 4.28. The Morgan fingerprint density at radius 2 is 2.35 bits per heavy atom. The molecule has 1 aliphatic rings. The summed E-state index contributed by atoms with van der Waals surface area (Å²) in [4.78, 5) is 15.2. The molecule has 0 saturated heterocycles. The summed E-state index contributed by atoms with van der Waals surface area (Å²) >= 11 is 0. The standard InChI is InChI=1S/C12H11FN2O2/c13-8-3-4-15-10-2-1-7(12(16)17)5-9(10)14-11(15)6-8/h1-2,5,8H,3-4,6H2,(H,16,17)/t8-/m1/s1. The molecule has 2 aromatic rings. The molecule has 0 saturated carbocycles. The molecule has 0 spiro atoms. The normalized spacial score (nSPS) is 19.2. The van der Waals surface area contributed by atoms with Gasteiger partial charge < -0.3 is 9.67 Å². The minimum absolute atomic E-state index is 0.213. The molecule has 0 aliphatic carbocycles. The maximum atomic E-state index is 13.3. The van der Waals surface area contributed by atoms with Gasteiger partial charge in [-0.2, -0.15) is 0 Å². The van der Waals surface area contributed by atoms with Crippen molar-refractivity contribution in [1.29, 1.82) is 0 Å². The SMILES string of the molecule is O=C(O)c1ccc2c(c1)nc1n2CC[C@@H](F)C1. The number of hydrogen-bond donors (Lipinski definition) is 1. The molecule has 0 amide bonds. The molecule has 0 bridgehead atoms. The first kappa shape index (κ1) is 10.3. The number of aryl methyl sites for hydroxylation is 1. The number of nitrogens with zero attached hydrogens (tertiary/aromatic N) is 2. The molecule has 0 radical (unpaired) electrons. The Kier molecular flexibility index (Phi) is 2.14. The average molecular weight is 234 g/mol.